The summed E-state index contributed by atoms with van der Waals surface area (Å²) in [5.41, 5.74) is 3.49. The van der Waals surface area contributed by atoms with E-state index in [0.29, 0.717) is 6.42 Å². The summed E-state index contributed by atoms with van der Waals surface area (Å²) in [6.07, 6.45) is 4.53. The van der Waals surface area contributed by atoms with Gasteiger partial charge in [-0.2, -0.15) is 0 Å². The summed E-state index contributed by atoms with van der Waals surface area (Å²) in [5, 5.41) is 4.42. The van der Waals surface area contributed by atoms with E-state index in [1.54, 1.807) is 11.3 Å². The van der Waals surface area contributed by atoms with Crippen LogP contribution in [0.25, 0.3) is 16.8 Å². The molecule has 0 saturated heterocycles. The van der Waals surface area contributed by atoms with Gasteiger partial charge in [0.15, 0.2) is 5.78 Å². The van der Waals surface area contributed by atoms with E-state index in [1.165, 1.54) is 26.8 Å². The summed E-state index contributed by atoms with van der Waals surface area (Å²) >= 11 is 1.69. The van der Waals surface area contributed by atoms with Crippen LogP contribution in [0.5, 0.6) is 0 Å². The molecule has 0 saturated carbocycles. The maximum atomic E-state index is 13.4. The summed E-state index contributed by atoms with van der Waals surface area (Å²) in [6.45, 7) is 8.75. The Hall–Kier alpha value is -3.23. The van der Waals surface area contributed by atoms with Crippen molar-refractivity contribution < 1.29 is 4.79 Å². The lowest BCUT2D eigenvalue weighted by Gasteiger charge is -2.33. The fourth-order valence-electron chi connectivity index (χ4n) is 4.28. The molecule has 154 valence electrons. The molecule has 4 rings (SSSR count). The number of hydrogen-bond acceptors (Lipinski definition) is 2. The van der Waals surface area contributed by atoms with E-state index in [1.807, 2.05) is 36.4 Å². The second kappa shape index (κ2) is 8.87. The Morgan fingerprint density at radius 3 is 2.45 bits per heavy atom. The zero-order chi connectivity index (χ0) is 21.8. The fourth-order valence-corrected chi connectivity index (χ4v) is 4.89. The van der Waals surface area contributed by atoms with Gasteiger partial charge in [0.05, 0.1) is 0 Å². The van der Waals surface area contributed by atoms with E-state index in [0.717, 1.165) is 11.1 Å². The Bertz CT molecular complexity index is 1250. The molecular formula is C29H26OS. The molecule has 4 aromatic rings. The summed E-state index contributed by atoms with van der Waals surface area (Å²) < 4.78 is 0. The number of allylic oxidation sites excluding steroid dienone is 2. The normalized spacial score (nSPS) is 13.4. The number of aryl methyl sites for hydroxylation is 1. The molecule has 0 radical (unpaired) electrons. The van der Waals surface area contributed by atoms with Crippen molar-refractivity contribution in [1.29, 1.82) is 0 Å². The van der Waals surface area contributed by atoms with Crippen molar-refractivity contribution in [1.82, 2.24) is 0 Å². The average Bonchev–Trinajstić information content (AvgIpc) is 3.31. The molecule has 1 atom stereocenters. The highest BCUT2D eigenvalue weighted by Crippen LogP contribution is 2.42. The van der Waals surface area contributed by atoms with Crippen molar-refractivity contribution in [3.8, 4) is 0 Å². The van der Waals surface area contributed by atoms with E-state index in [-0.39, 0.29) is 5.78 Å². The van der Waals surface area contributed by atoms with E-state index in [4.69, 9.17) is 0 Å². The third-order valence-corrected chi connectivity index (χ3v) is 6.84. The first-order chi connectivity index (χ1) is 15.0. The number of benzene rings is 3. The summed E-state index contributed by atoms with van der Waals surface area (Å²) in [7, 11) is 0. The van der Waals surface area contributed by atoms with Gasteiger partial charge in [0, 0.05) is 22.3 Å². The maximum absolute atomic E-state index is 13.4. The minimum atomic E-state index is -0.536. The first kappa shape index (κ1) is 21.0. The van der Waals surface area contributed by atoms with Gasteiger partial charge in [0.2, 0.25) is 0 Å². The largest absolute Gasteiger partial charge is 0.294 e. The number of Topliss-reactive ketones (excluding diaryl/α,β-unsaturated/α-hetero) is 1. The number of thiophene rings is 1. The Labute approximate surface area is 188 Å². The van der Waals surface area contributed by atoms with Crippen LogP contribution in [0.1, 0.15) is 39.7 Å². The van der Waals surface area contributed by atoms with Gasteiger partial charge >= 0.3 is 0 Å². The number of hydrogen-bond donors (Lipinski definition) is 0. The molecule has 0 aliphatic carbocycles. The molecule has 1 aromatic heterocycles. The van der Waals surface area contributed by atoms with Crippen LogP contribution in [-0.2, 0) is 5.41 Å². The van der Waals surface area contributed by atoms with Crippen LogP contribution < -0.4 is 0 Å². The highest BCUT2D eigenvalue weighted by molar-refractivity contribution is 7.10. The number of carbonyl (C=O) groups is 1. The van der Waals surface area contributed by atoms with Crippen LogP contribution in [-0.4, -0.2) is 5.78 Å². The molecule has 0 bridgehead atoms. The van der Waals surface area contributed by atoms with Crippen molar-refractivity contribution in [2.45, 2.75) is 25.7 Å². The predicted octanol–water partition coefficient (Wildman–Crippen LogP) is 8.01. The van der Waals surface area contributed by atoms with Crippen molar-refractivity contribution in [3.63, 3.8) is 0 Å². The number of rotatable bonds is 7. The zero-order valence-electron chi connectivity index (χ0n) is 18.0. The number of ketones is 1. The minimum absolute atomic E-state index is 0.126. The second-order valence-corrected chi connectivity index (χ2v) is 9.13. The Morgan fingerprint density at radius 1 is 0.968 bits per heavy atom. The molecule has 0 amide bonds. The molecule has 0 N–H and O–H groups in total. The number of carbonyl (C=O) groups excluding carboxylic acids is 1. The Morgan fingerprint density at radius 2 is 1.71 bits per heavy atom. The van der Waals surface area contributed by atoms with Crippen molar-refractivity contribution in [3.05, 3.63) is 124 Å². The molecule has 1 heterocycles. The molecule has 0 spiro atoms. The first-order valence-corrected chi connectivity index (χ1v) is 11.3. The number of fused-ring (bicyclic) bond motifs is 1. The second-order valence-electron chi connectivity index (χ2n) is 8.15. The van der Waals surface area contributed by atoms with Gasteiger partial charge in [-0.25, -0.2) is 0 Å². The molecule has 1 unspecified atom stereocenters. The summed E-state index contributed by atoms with van der Waals surface area (Å²) in [5.74, 6) is 0.126. The van der Waals surface area contributed by atoms with Crippen LogP contribution in [0.3, 0.4) is 0 Å². The third kappa shape index (κ3) is 4.30. The lowest BCUT2D eigenvalue weighted by Crippen LogP contribution is -2.29. The molecular weight excluding hydrogens is 396 g/mol. The van der Waals surface area contributed by atoms with Crippen LogP contribution >= 0.6 is 11.3 Å². The van der Waals surface area contributed by atoms with Crippen molar-refractivity contribution >= 4 is 34.0 Å². The van der Waals surface area contributed by atoms with E-state index in [2.05, 4.69) is 80.4 Å². The van der Waals surface area contributed by atoms with Gasteiger partial charge in [0.25, 0.3) is 0 Å². The molecule has 31 heavy (non-hydrogen) atoms. The zero-order valence-corrected chi connectivity index (χ0v) is 18.8. The fraction of sp³-hybridized carbons (Fsp3) is 0.138. The predicted molar refractivity (Wildman–Crippen MR) is 134 cm³/mol. The first-order valence-electron chi connectivity index (χ1n) is 10.5. The third-order valence-electron chi connectivity index (χ3n) is 6.00. The van der Waals surface area contributed by atoms with E-state index >= 15 is 0 Å². The quantitative estimate of drug-likeness (QED) is 0.218. The van der Waals surface area contributed by atoms with Gasteiger partial charge in [-0.15, -0.1) is 11.3 Å². The highest BCUT2D eigenvalue weighted by atomic mass is 32.1. The maximum Gasteiger partial charge on any atom is 0.164 e. The van der Waals surface area contributed by atoms with Crippen molar-refractivity contribution in [2.24, 2.45) is 0 Å². The van der Waals surface area contributed by atoms with Gasteiger partial charge in [0.1, 0.15) is 0 Å². The van der Waals surface area contributed by atoms with Crippen LogP contribution in [0.15, 0.2) is 102 Å². The van der Waals surface area contributed by atoms with Gasteiger partial charge < -0.3 is 0 Å². The van der Waals surface area contributed by atoms with Gasteiger partial charge in [-0.05, 0) is 51.9 Å². The molecule has 3 aromatic carbocycles. The van der Waals surface area contributed by atoms with Crippen molar-refractivity contribution in [2.75, 3.05) is 0 Å². The lowest BCUT2D eigenvalue weighted by atomic mass is 9.69. The molecule has 2 heteroatoms. The Balaban J connectivity index is 1.84. The van der Waals surface area contributed by atoms with E-state index < -0.39 is 5.41 Å². The lowest BCUT2D eigenvalue weighted by molar-refractivity contribution is 0.0962. The SMILES string of the molecule is C=C(/C=C/c1cccs1)C(C)(CC(=O)c1ccccc1)c1c(C)ccc2ccccc12. The monoisotopic (exact) mass is 422 g/mol. The molecule has 0 aliphatic rings. The average molecular weight is 423 g/mol. The summed E-state index contributed by atoms with van der Waals surface area (Å²) in [4.78, 5) is 14.5. The highest BCUT2D eigenvalue weighted by Gasteiger charge is 2.34. The Kier molecular flexibility index (Phi) is 6.01. The van der Waals surface area contributed by atoms with E-state index in [9.17, 15) is 4.79 Å². The smallest absolute Gasteiger partial charge is 0.164 e. The molecule has 1 nitrogen and oxygen atoms in total. The van der Waals surface area contributed by atoms with Crippen LogP contribution in [0.2, 0.25) is 0 Å². The molecule has 0 fully saturated rings. The van der Waals surface area contributed by atoms with Crippen LogP contribution in [0, 0.1) is 6.92 Å². The minimum Gasteiger partial charge on any atom is -0.294 e. The van der Waals surface area contributed by atoms with Gasteiger partial charge in [-0.1, -0.05) is 92.4 Å². The standard InChI is InChI=1S/C29H26OS/c1-21-15-17-23-10-7-8-14-26(23)28(21)29(3,20-27(30)24-11-5-4-6-12-24)22(2)16-18-25-13-9-19-31-25/h4-19H,2,20H2,1,3H3/b18-16+. The summed E-state index contributed by atoms with van der Waals surface area (Å²) in [6, 6.07) is 26.4. The topological polar surface area (TPSA) is 17.1 Å². The molecule has 0 aliphatic heterocycles. The van der Waals surface area contributed by atoms with Gasteiger partial charge in [-0.3, -0.25) is 4.79 Å². The van der Waals surface area contributed by atoms with Crippen LogP contribution in [0.4, 0.5) is 0 Å².